The minimum absolute atomic E-state index is 0.0325. The molecule has 2 rings (SSSR count). The predicted molar refractivity (Wildman–Crippen MR) is 61.3 cm³/mol. The second-order valence-corrected chi connectivity index (χ2v) is 4.12. The molecule has 0 radical (unpaired) electrons. The van der Waals surface area contributed by atoms with E-state index in [0.717, 1.165) is 12.1 Å². The van der Waals surface area contributed by atoms with Crippen LogP contribution in [-0.2, 0) is 4.79 Å². The van der Waals surface area contributed by atoms with Crippen molar-refractivity contribution in [2.24, 2.45) is 5.73 Å². The first-order valence-electron chi connectivity index (χ1n) is 5.18. The average Bonchev–Trinajstić information content (AvgIpc) is 2.56. The summed E-state index contributed by atoms with van der Waals surface area (Å²) >= 11 is 0. The van der Waals surface area contributed by atoms with Crippen molar-refractivity contribution in [3.63, 3.8) is 0 Å². The summed E-state index contributed by atoms with van der Waals surface area (Å²) in [6.45, 7) is 2.97. The molecular formula is C12H16N2O. The van der Waals surface area contributed by atoms with Crippen molar-refractivity contribution < 1.29 is 4.79 Å². The average molecular weight is 204 g/mol. The number of benzene rings is 1. The summed E-state index contributed by atoms with van der Waals surface area (Å²) in [7, 11) is 2.02. The van der Waals surface area contributed by atoms with E-state index < -0.39 is 0 Å². The van der Waals surface area contributed by atoms with Gasteiger partial charge >= 0.3 is 0 Å². The molecule has 0 spiro atoms. The standard InChI is InChI=1S/C12H16N2O/c1-8-4-3-5-9-10(11(15)6-13)7-14(2)12(8)9/h3-5,10H,6-7,13H2,1-2H3. The fourth-order valence-corrected chi connectivity index (χ4v) is 2.37. The maximum absolute atomic E-state index is 11.7. The van der Waals surface area contributed by atoms with Crippen LogP contribution in [-0.4, -0.2) is 25.9 Å². The van der Waals surface area contributed by atoms with Crippen LogP contribution in [0.5, 0.6) is 0 Å². The number of ketones is 1. The lowest BCUT2D eigenvalue weighted by Crippen LogP contribution is -2.25. The van der Waals surface area contributed by atoms with E-state index in [-0.39, 0.29) is 18.2 Å². The van der Waals surface area contributed by atoms with Crippen molar-refractivity contribution in [1.29, 1.82) is 0 Å². The van der Waals surface area contributed by atoms with Gasteiger partial charge in [0.2, 0.25) is 0 Å². The highest BCUT2D eigenvalue weighted by Crippen LogP contribution is 2.37. The van der Waals surface area contributed by atoms with Gasteiger partial charge in [-0.25, -0.2) is 0 Å². The van der Waals surface area contributed by atoms with E-state index in [1.54, 1.807) is 0 Å². The van der Waals surface area contributed by atoms with Gasteiger partial charge in [0.05, 0.1) is 12.5 Å². The van der Waals surface area contributed by atoms with Crippen LogP contribution in [0.15, 0.2) is 18.2 Å². The third-order valence-corrected chi connectivity index (χ3v) is 3.07. The monoisotopic (exact) mass is 204 g/mol. The number of aryl methyl sites for hydroxylation is 1. The van der Waals surface area contributed by atoms with Gasteiger partial charge in [-0.1, -0.05) is 18.2 Å². The van der Waals surface area contributed by atoms with E-state index in [0.29, 0.717) is 0 Å². The largest absolute Gasteiger partial charge is 0.373 e. The summed E-state index contributed by atoms with van der Waals surface area (Å²) in [5.74, 6) is 0.0982. The van der Waals surface area contributed by atoms with Crippen LogP contribution < -0.4 is 10.6 Å². The molecule has 0 bridgehead atoms. The summed E-state index contributed by atoms with van der Waals surface area (Å²) in [6, 6.07) is 6.11. The van der Waals surface area contributed by atoms with Crippen molar-refractivity contribution in [2.45, 2.75) is 12.8 Å². The zero-order chi connectivity index (χ0) is 11.0. The molecule has 0 fully saturated rings. The lowest BCUT2D eigenvalue weighted by atomic mass is 9.95. The first kappa shape index (κ1) is 10.2. The molecule has 0 aromatic heterocycles. The Morgan fingerprint density at radius 1 is 1.60 bits per heavy atom. The van der Waals surface area contributed by atoms with Gasteiger partial charge in [-0.05, 0) is 18.1 Å². The molecule has 1 atom stereocenters. The smallest absolute Gasteiger partial charge is 0.155 e. The first-order valence-corrected chi connectivity index (χ1v) is 5.18. The lowest BCUT2D eigenvalue weighted by Gasteiger charge is -2.14. The van der Waals surface area contributed by atoms with Crippen LogP contribution in [0.3, 0.4) is 0 Å². The SMILES string of the molecule is Cc1cccc2c1N(C)CC2C(=O)CN. The van der Waals surface area contributed by atoms with Gasteiger partial charge in [0.15, 0.2) is 5.78 Å². The summed E-state index contributed by atoms with van der Waals surface area (Å²) in [5.41, 5.74) is 8.98. The maximum Gasteiger partial charge on any atom is 0.155 e. The molecule has 3 heteroatoms. The number of fused-ring (bicyclic) bond motifs is 1. The Morgan fingerprint density at radius 3 is 3.00 bits per heavy atom. The molecule has 80 valence electrons. The lowest BCUT2D eigenvalue weighted by molar-refractivity contribution is -0.118. The molecule has 0 amide bonds. The molecule has 1 aromatic rings. The van der Waals surface area contributed by atoms with Crippen LogP contribution in [0, 0.1) is 6.92 Å². The minimum atomic E-state index is -0.0325. The Kier molecular flexibility index (Phi) is 2.49. The first-order chi connectivity index (χ1) is 7.15. The number of nitrogens with two attached hydrogens (primary N) is 1. The van der Waals surface area contributed by atoms with Crippen LogP contribution in [0.25, 0.3) is 0 Å². The van der Waals surface area contributed by atoms with E-state index in [1.165, 1.54) is 11.3 Å². The third-order valence-electron chi connectivity index (χ3n) is 3.07. The van der Waals surface area contributed by atoms with Crippen molar-refractivity contribution in [1.82, 2.24) is 0 Å². The minimum Gasteiger partial charge on any atom is -0.373 e. The van der Waals surface area contributed by atoms with E-state index in [1.807, 2.05) is 19.2 Å². The van der Waals surface area contributed by atoms with Gasteiger partial charge < -0.3 is 10.6 Å². The van der Waals surface area contributed by atoms with E-state index in [9.17, 15) is 4.79 Å². The number of carbonyl (C=O) groups excluding carboxylic acids is 1. The molecule has 0 saturated carbocycles. The molecule has 15 heavy (non-hydrogen) atoms. The Labute approximate surface area is 89.9 Å². The second kappa shape index (κ2) is 3.66. The van der Waals surface area contributed by atoms with Crippen LogP contribution in [0.4, 0.5) is 5.69 Å². The quantitative estimate of drug-likeness (QED) is 0.783. The Bertz CT molecular complexity index is 401. The van der Waals surface area contributed by atoms with Crippen LogP contribution in [0.1, 0.15) is 17.0 Å². The van der Waals surface area contributed by atoms with E-state index in [2.05, 4.69) is 17.9 Å². The number of rotatable bonds is 2. The molecule has 1 aromatic carbocycles. The molecule has 1 heterocycles. The number of para-hydroxylation sites is 1. The predicted octanol–water partition coefficient (Wildman–Crippen LogP) is 1.06. The molecule has 1 aliphatic rings. The number of hydrogen-bond acceptors (Lipinski definition) is 3. The number of likely N-dealkylation sites (N-methyl/N-ethyl adjacent to an activating group) is 1. The highest BCUT2D eigenvalue weighted by atomic mass is 16.1. The van der Waals surface area contributed by atoms with Crippen LogP contribution >= 0.6 is 0 Å². The number of Topliss-reactive ketones (excluding diaryl/α,β-unsaturated/α-hetero) is 1. The molecular weight excluding hydrogens is 188 g/mol. The zero-order valence-corrected chi connectivity index (χ0v) is 9.16. The number of nitrogens with zero attached hydrogens (tertiary/aromatic N) is 1. The second-order valence-electron chi connectivity index (χ2n) is 4.12. The Morgan fingerprint density at radius 2 is 2.33 bits per heavy atom. The molecule has 3 nitrogen and oxygen atoms in total. The Balaban J connectivity index is 2.47. The van der Waals surface area contributed by atoms with Crippen molar-refractivity contribution >= 4 is 11.5 Å². The highest BCUT2D eigenvalue weighted by Gasteiger charge is 2.31. The summed E-state index contributed by atoms with van der Waals surface area (Å²) in [6.07, 6.45) is 0. The number of carbonyl (C=O) groups is 1. The van der Waals surface area contributed by atoms with Gasteiger partial charge in [0.1, 0.15) is 0 Å². The van der Waals surface area contributed by atoms with Gasteiger partial charge in [0, 0.05) is 19.3 Å². The molecule has 0 saturated heterocycles. The molecule has 1 aliphatic heterocycles. The van der Waals surface area contributed by atoms with Gasteiger partial charge in [-0.15, -0.1) is 0 Å². The number of hydrogen-bond donors (Lipinski definition) is 1. The van der Waals surface area contributed by atoms with Gasteiger partial charge in [0.25, 0.3) is 0 Å². The van der Waals surface area contributed by atoms with Crippen LogP contribution in [0.2, 0.25) is 0 Å². The summed E-state index contributed by atoms with van der Waals surface area (Å²) < 4.78 is 0. The third kappa shape index (κ3) is 1.53. The summed E-state index contributed by atoms with van der Waals surface area (Å²) in [4.78, 5) is 13.8. The summed E-state index contributed by atoms with van der Waals surface area (Å²) in [5, 5.41) is 0. The fraction of sp³-hybridized carbons (Fsp3) is 0.417. The fourth-order valence-electron chi connectivity index (χ4n) is 2.37. The highest BCUT2D eigenvalue weighted by molar-refractivity contribution is 5.91. The van der Waals surface area contributed by atoms with Gasteiger partial charge in [-0.3, -0.25) is 4.79 Å². The van der Waals surface area contributed by atoms with Crippen molar-refractivity contribution in [3.05, 3.63) is 29.3 Å². The Hall–Kier alpha value is -1.35. The topological polar surface area (TPSA) is 46.3 Å². The molecule has 1 unspecified atom stereocenters. The van der Waals surface area contributed by atoms with E-state index >= 15 is 0 Å². The normalized spacial score (nSPS) is 19.1. The van der Waals surface area contributed by atoms with Crippen molar-refractivity contribution in [2.75, 3.05) is 25.0 Å². The van der Waals surface area contributed by atoms with Gasteiger partial charge in [-0.2, -0.15) is 0 Å². The number of anilines is 1. The zero-order valence-electron chi connectivity index (χ0n) is 9.16. The van der Waals surface area contributed by atoms with Crippen molar-refractivity contribution in [3.8, 4) is 0 Å². The molecule has 2 N–H and O–H groups in total. The van der Waals surface area contributed by atoms with E-state index in [4.69, 9.17) is 5.73 Å². The maximum atomic E-state index is 11.7. The molecule has 0 aliphatic carbocycles.